The predicted octanol–water partition coefficient (Wildman–Crippen LogP) is 3.16. The number of thiophene rings is 2. The highest BCUT2D eigenvalue weighted by molar-refractivity contribution is 9.11. The van der Waals surface area contributed by atoms with Gasteiger partial charge in [0.05, 0.1) is 3.79 Å². The zero-order valence-corrected chi connectivity index (χ0v) is 14.9. The Hall–Kier alpha value is -0.250. The Morgan fingerprint density at radius 1 is 1.30 bits per heavy atom. The molecule has 2 aromatic heterocycles. The first-order valence-electron chi connectivity index (χ1n) is 6.04. The predicted molar refractivity (Wildman–Crippen MR) is 87.7 cm³/mol. The Kier molecular flexibility index (Phi) is 5.76. The van der Waals surface area contributed by atoms with Gasteiger partial charge in [0.2, 0.25) is 10.0 Å². The zero-order chi connectivity index (χ0) is 14.6. The molecule has 0 aromatic carbocycles. The van der Waals surface area contributed by atoms with Gasteiger partial charge < -0.3 is 5.32 Å². The first kappa shape index (κ1) is 16.1. The summed E-state index contributed by atoms with van der Waals surface area (Å²) < 4.78 is 27.8. The maximum absolute atomic E-state index is 12.3. The van der Waals surface area contributed by atoms with Crippen molar-refractivity contribution < 1.29 is 8.42 Å². The van der Waals surface area contributed by atoms with E-state index in [9.17, 15) is 8.42 Å². The van der Waals surface area contributed by atoms with E-state index in [1.54, 1.807) is 6.07 Å². The van der Waals surface area contributed by atoms with E-state index in [-0.39, 0.29) is 0 Å². The topological polar surface area (TPSA) is 58.2 Å². The monoisotopic (exact) mass is 394 g/mol. The Labute approximate surface area is 135 Å². The summed E-state index contributed by atoms with van der Waals surface area (Å²) in [4.78, 5) is 2.30. The number of nitrogens with one attached hydrogen (secondary N) is 2. The van der Waals surface area contributed by atoms with Crippen LogP contribution >= 0.6 is 38.6 Å². The largest absolute Gasteiger partial charge is 0.312 e. The minimum absolute atomic E-state index is 0.312. The number of sulfonamides is 1. The van der Waals surface area contributed by atoms with Gasteiger partial charge in [-0.3, -0.25) is 0 Å². The van der Waals surface area contributed by atoms with Gasteiger partial charge >= 0.3 is 0 Å². The molecule has 2 N–H and O–H groups in total. The summed E-state index contributed by atoms with van der Waals surface area (Å²) >= 11 is 6.31. The van der Waals surface area contributed by atoms with Crippen LogP contribution in [0.3, 0.4) is 0 Å². The summed E-state index contributed by atoms with van der Waals surface area (Å²) in [7, 11) is -3.48. The summed E-state index contributed by atoms with van der Waals surface area (Å²) in [6.45, 7) is 3.88. The Bertz CT molecular complexity index is 650. The van der Waals surface area contributed by atoms with Gasteiger partial charge in [-0.2, -0.15) is 0 Å². The molecular weight excluding hydrogens is 380 g/mol. The zero-order valence-electron chi connectivity index (χ0n) is 10.8. The van der Waals surface area contributed by atoms with Crippen LogP contribution in [-0.4, -0.2) is 15.0 Å². The molecule has 0 radical (unpaired) electrons. The molecule has 8 heteroatoms. The molecule has 0 bridgehead atoms. The quantitative estimate of drug-likeness (QED) is 0.757. The minimum Gasteiger partial charge on any atom is -0.312 e. The van der Waals surface area contributed by atoms with Crippen molar-refractivity contribution in [3.8, 4) is 0 Å². The van der Waals surface area contributed by atoms with Crippen LogP contribution in [0.15, 0.2) is 32.3 Å². The Morgan fingerprint density at radius 3 is 2.75 bits per heavy atom. The lowest BCUT2D eigenvalue weighted by molar-refractivity contribution is 0.581. The fraction of sp³-hybridized carbons (Fsp3) is 0.333. The minimum atomic E-state index is -3.48. The molecule has 0 aliphatic rings. The van der Waals surface area contributed by atoms with E-state index in [4.69, 9.17) is 0 Å². The van der Waals surface area contributed by atoms with Crippen LogP contribution < -0.4 is 10.0 Å². The number of hydrogen-bond acceptors (Lipinski definition) is 5. The van der Waals surface area contributed by atoms with Crippen LogP contribution in [0, 0.1) is 0 Å². The Balaban J connectivity index is 2.10. The molecule has 0 spiro atoms. The van der Waals surface area contributed by atoms with Crippen LogP contribution in [-0.2, 0) is 23.1 Å². The van der Waals surface area contributed by atoms with E-state index < -0.39 is 10.0 Å². The van der Waals surface area contributed by atoms with Crippen molar-refractivity contribution in [1.82, 2.24) is 10.0 Å². The van der Waals surface area contributed by atoms with Gasteiger partial charge in [-0.25, -0.2) is 13.1 Å². The second-order valence-corrected chi connectivity index (χ2v) is 9.26. The Morgan fingerprint density at radius 2 is 2.10 bits per heavy atom. The molecular formula is C12H15BrN2O2S3. The number of halogens is 1. The molecule has 0 aliphatic carbocycles. The van der Waals surface area contributed by atoms with Crippen molar-refractivity contribution in [2.45, 2.75) is 24.9 Å². The molecule has 0 aliphatic heterocycles. The second kappa shape index (κ2) is 7.15. The highest BCUT2D eigenvalue weighted by Gasteiger charge is 2.20. The standard InChI is InChI=1S/C12H15BrN2O2S3/c1-2-14-7-10-6-11(12(13)19-10)20(16,17)15-8-9-4-3-5-18-9/h3-6,14-15H,2,7-8H2,1H3. The van der Waals surface area contributed by atoms with Crippen molar-refractivity contribution in [3.63, 3.8) is 0 Å². The molecule has 4 nitrogen and oxygen atoms in total. The van der Waals surface area contributed by atoms with Crippen molar-refractivity contribution in [3.05, 3.63) is 37.1 Å². The van der Waals surface area contributed by atoms with Gasteiger partial charge in [-0.05, 0) is 40.0 Å². The molecule has 20 heavy (non-hydrogen) atoms. The summed E-state index contributed by atoms with van der Waals surface area (Å²) in [5.74, 6) is 0. The first-order valence-corrected chi connectivity index (χ1v) is 10.0. The van der Waals surface area contributed by atoms with Crippen LogP contribution in [0.25, 0.3) is 0 Å². The van der Waals surface area contributed by atoms with Gasteiger partial charge in [0, 0.05) is 22.8 Å². The van der Waals surface area contributed by atoms with Gasteiger partial charge in [-0.15, -0.1) is 22.7 Å². The number of hydrogen-bond donors (Lipinski definition) is 2. The van der Waals surface area contributed by atoms with Gasteiger partial charge in [-0.1, -0.05) is 13.0 Å². The van der Waals surface area contributed by atoms with E-state index in [1.807, 2.05) is 24.4 Å². The first-order chi connectivity index (χ1) is 9.53. The van der Waals surface area contributed by atoms with Gasteiger partial charge in [0.1, 0.15) is 4.90 Å². The molecule has 110 valence electrons. The second-order valence-electron chi connectivity index (χ2n) is 4.03. The van der Waals surface area contributed by atoms with E-state index in [0.29, 0.717) is 21.8 Å². The van der Waals surface area contributed by atoms with Gasteiger partial charge in [0.15, 0.2) is 0 Å². The lowest BCUT2D eigenvalue weighted by Crippen LogP contribution is -2.22. The fourth-order valence-corrected chi connectivity index (χ4v) is 5.97. The van der Waals surface area contributed by atoms with E-state index in [2.05, 4.69) is 26.0 Å². The maximum atomic E-state index is 12.3. The van der Waals surface area contributed by atoms with Crippen LogP contribution in [0.4, 0.5) is 0 Å². The third kappa shape index (κ3) is 4.12. The summed E-state index contributed by atoms with van der Waals surface area (Å²) in [5.41, 5.74) is 0. The van der Waals surface area contributed by atoms with Crippen LogP contribution in [0.5, 0.6) is 0 Å². The van der Waals surface area contributed by atoms with Crippen molar-refractivity contribution in [2.24, 2.45) is 0 Å². The lowest BCUT2D eigenvalue weighted by Gasteiger charge is -2.04. The van der Waals surface area contributed by atoms with Gasteiger partial charge in [0.25, 0.3) is 0 Å². The lowest BCUT2D eigenvalue weighted by atomic mass is 10.4. The molecule has 2 heterocycles. The van der Waals surface area contributed by atoms with Crippen LogP contribution in [0.1, 0.15) is 16.7 Å². The smallest absolute Gasteiger partial charge is 0.242 e. The van der Waals surface area contributed by atoms with Crippen molar-refractivity contribution in [1.29, 1.82) is 0 Å². The molecule has 0 amide bonds. The summed E-state index contributed by atoms with van der Waals surface area (Å²) in [5, 5.41) is 5.12. The molecule has 2 rings (SSSR count). The van der Waals surface area contributed by atoms with Crippen molar-refractivity contribution in [2.75, 3.05) is 6.54 Å². The van der Waals surface area contributed by atoms with E-state index in [0.717, 1.165) is 16.3 Å². The molecule has 0 saturated heterocycles. The molecule has 2 aromatic rings. The summed E-state index contributed by atoms with van der Waals surface area (Å²) in [6.07, 6.45) is 0. The maximum Gasteiger partial charge on any atom is 0.242 e. The highest BCUT2D eigenvalue weighted by atomic mass is 79.9. The summed E-state index contributed by atoms with van der Waals surface area (Å²) in [6, 6.07) is 5.53. The van der Waals surface area contributed by atoms with E-state index >= 15 is 0 Å². The van der Waals surface area contributed by atoms with E-state index in [1.165, 1.54) is 22.7 Å². The van der Waals surface area contributed by atoms with Crippen molar-refractivity contribution >= 4 is 48.6 Å². The fourth-order valence-electron chi connectivity index (χ4n) is 1.57. The molecule has 0 fully saturated rings. The van der Waals surface area contributed by atoms with Crippen LogP contribution in [0.2, 0.25) is 0 Å². The highest BCUT2D eigenvalue weighted by Crippen LogP contribution is 2.31. The molecule has 0 unspecified atom stereocenters. The SMILES string of the molecule is CCNCc1cc(S(=O)(=O)NCc2cccs2)c(Br)s1. The third-order valence-corrected chi connectivity index (χ3v) is 7.09. The average molecular weight is 395 g/mol. The third-order valence-electron chi connectivity index (χ3n) is 2.56. The molecule has 0 atom stereocenters. The molecule has 0 saturated carbocycles. The number of rotatable bonds is 7. The normalized spacial score (nSPS) is 11.9. The average Bonchev–Trinajstić information content (AvgIpc) is 3.03.